The van der Waals surface area contributed by atoms with Crippen molar-refractivity contribution in [3.05, 3.63) is 81.7 Å². The van der Waals surface area contributed by atoms with Gasteiger partial charge in [-0.1, -0.05) is 23.7 Å². The molecule has 39 heavy (non-hydrogen) atoms. The van der Waals surface area contributed by atoms with Gasteiger partial charge in [0.2, 0.25) is 5.91 Å². The Hall–Kier alpha value is -4.10. The quantitative estimate of drug-likeness (QED) is 0.199. The van der Waals surface area contributed by atoms with Crippen LogP contribution in [0.4, 0.5) is 17.1 Å². The number of hydrogen-bond acceptors (Lipinski definition) is 8. The van der Waals surface area contributed by atoms with Gasteiger partial charge < -0.3 is 25.0 Å². The summed E-state index contributed by atoms with van der Waals surface area (Å²) < 4.78 is 11.6. The molecule has 2 N–H and O–H groups in total. The summed E-state index contributed by atoms with van der Waals surface area (Å²) in [5.41, 5.74) is 2.61. The normalized spacial score (nSPS) is 11.1. The van der Waals surface area contributed by atoms with Crippen molar-refractivity contribution in [3.63, 3.8) is 0 Å². The molecule has 0 fully saturated rings. The number of nitrogens with zero attached hydrogens (tertiary/aromatic N) is 3. The molecule has 0 spiro atoms. The minimum atomic E-state index is -0.291. The monoisotopic (exact) mass is 561 g/mol. The van der Waals surface area contributed by atoms with Crippen LogP contribution in [0.25, 0.3) is 10.9 Å². The molecule has 2 heterocycles. The number of carbonyl (C=O) groups excluding carboxylic acids is 1. The van der Waals surface area contributed by atoms with Gasteiger partial charge in [-0.15, -0.1) is 11.3 Å². The number of benzene rings is 2. The zero-order valence-electron chi connectivity index (χ0n) is 21.8. The van der Waals surface area contributed by atoms with Crippen molar-refractivity contribution in [2.24, 2.45) is 0 Å². The second kappa shape index (κ2) is 13.1. The highest BCUT2D eigenvalue weighted by molar-refractivity contribution is 7.09. The Labute approximate surface area is 236 Å². The molecule has 200 valence electrons. The van der Waals surface area contributed by atoms with Crippen LogP contribution in [0.5, 0.6) is 11.5 Å². The van der Waals surface area contributed by atoms with E-state index in [2.05, 4.69) is 21.7 Å². The first-order chi connectivity index (χ1) is 18.9. The fraction of sp³-hybridized carbons (Fsp3) is 0.207. The molecular formula is C29H28ClN5O3S. The van der Waals surface area contributed by atoms with Crippen LogP contribution < -0.4 is 20.1 Å². The number of carbonyl (C=O) groups is 1. The highest BCUT2D eigenvalue weighted by Gasteiger charge is 2.16. The average Bonchev–Trinajstić information content (AvgIpc) is 3.42. The maximum Gasteiger partial charge on any atom is 0.248 e. The Morgan fingerprint density at radius 3 is 2.74 bits per heavy atom. The van der Waals surface area contributed by atoms with E-state index in [9.17, 15) is 10.1 Å². The van der Waals surface area contributed by atoms with Crippen LogP contribution in [-0.2, 0) is 11.4 Å². The van der Waals surface area contributed by atoms with E-state index in [1.54, 1.807) is 41.7 Å². The third kappa shape index (κ3) is 7.27. The summed E-state index contributed by atoms with van der Waals surface area (Å²) >= 11 is 8.13. The number of hydrogen-bond donors (Lipinski definition) is 2. The van der Waals surface area contributed by atoms with Gasteiger partial charge in [-0.05, 0) is 56.7 Å². The minimum absolute atomic E-state index is 0.291. The zero-order chi connectivity index (χ0) is 27.8. The van der Waals surface area contributed by atoms with Crippen LogP contribution in [-0.4, -0.2) is 43.0 Å². The molecule has 4 rings (SSSR count). The fourth-order valence-electron chi connectivity index (χ4n) is 3.74. The highest BCUT2D eigenvalue weighted by Crippen LogP contribution is 2.37. The molecule has 2 aromatic carbocycles. The van der Waals surface area contributed by atoms with E-state index in [4.69, 9.17) is 21.1 Å². The van der Waals surface area contributed by atoms with Gasteiger partial charge in [0.15, 0.2) is 0 Å². The number of aromatic nitrogens is 1. The smallest absolute Gasteiger partial charge is 0.248 e. The Morgan fingerprint density at radius 2 is 2.05 bits per heavy atom. The molecule has 0 aliphatic carbocycles. The third-order valence-corrected chi connectivity index (χ3v) is 6.68. The second-order valence-corrected chi connectivity index (χ2v) is 10.2. The van der Waals surface area contributed by atoms with Crippen molar-refractivity contribution < 1.29 is 14.3 Å². The van der Waals surface area contributed by atoms with Gasteiger partial charge in [-0.3, -0.25) is 9.78 Å². The van der Waals surface area contributed by atoms with E-state index in [1.807, 2.05) is 49.5 Å². The van der Waals surface area contributed by atoms with E-state index >= 15 is 0 Å². The third-order valence-electron chi connectivity index (χ3n) is 5.54. The topological polar surface area (TPSA) is 99.5 Å². The average molecular weight is 562 g/mol. The summed E-state index contributed by atoms with van der Waals surface area (Å²) in [5.74, 6) is 0.753. The van der Waals surface area contributed by atoms with Gasteiger partial charge in [0, 0.05) is 40.8 Å². The maximum absolute atomic E-state index is 12.6. The summed E-state index contributed by atoms with van der Waals surface area (Å²) in [6.45, 7) is 3.33. The number of anilines is 3. The van der Waals surface area contributed by atoms with Crippen LogP contribution in [0.15, 0.2) is 66.2 Å². The first-order valence-corrected chi connectivity index (χ1v) is 13.5. The van der Waals surface area contributed by atoms with Crippen molar-refractivity contribution in [3.8, 4) is 17.6 Å². The molecule has 8 nitrogen and oxygen atoms in total. The number of rotatable bonds is 11. The van der Waals surface area contributed by atoms with Crippen LogP contribution in [0, 0.1) is 11.3 Å². The first-order valence-electron chi connectivity index (χ1n) is 12.2. The molecule has 0 aliphatic heterocycles. The molecule has 0 saturated carbocycles. The summed E-state index contributed by atoms with van der Waals surface area (Å²) in [6, 6.07) is 15.0. The van der Waals surface area contributed by atoms with E-state index in [-0.39, 0.29) is 5.91 Å². The molecule has 0 bridgehead atoms. The predicted octanol–water partition coefficient (Wildman–Crippen LogP) is 6.60. The lowest BCUT2D eigenvalue weighted by Gasteiger charge is -2.16. The SMILES string of the molecule is CCOc1cc2ncc(C#N)c(Nc3ccc(OCc4cccs4)c(Cl)c3)c2cc1NC(=O)/C=C/CN(C)C. The van der Waals surface area contributed by atoms with Gasteiger partial charge in [0.25, 0.3) is 0 Å². The van der Waals surface area contributed by atoms with Crippen molar-refractivity contribution in [1.29, 1.82) is 5.26 Å². The lowest BCUT2D eigenvalue weighted by atomic mass is 10.1. The summed E-state index contributed by atoms with van der Waals surface area (Å²) in [7, 11) is 3.85. The molecule has 2 aromatic heterocycles. The molecule has 1 amide bonds. The van der Waals surface area contributed by atoms with Crippen molar-refractivity contribution in [2.45, 2.75) is 13.5 Å². The Balaban J connectivity index is 1.65. The number of ether oxygens (including phenoxy) is 2. The molecule has 10 heteroatoms. The van der Waals surface area contributed by atoms with Crippen molar-refractivity contribution >= 4 is 56.8 Å². The number of fused-ring (bicyclic) bond motifs is 1. The van der Waals surface area contributed by atoms with E-state index in [0.29, 0.717) is 69.8 Å². The van der Waals surface area contributed by atoms with Crippen LogP contribution in [0.2, 0.25) is 5.02 Å². The fourth-order valence-corrected chi connectivity index (χ4v) is 4.59. The van der Waals surface area contributed by atoms with Gasteiger partial charge in [0.1, 0.15) is 24.2 Å². The van der Waals surface area contributed by atoms with E-state index in [1.165, 1.54) is 12.3 Å². The molecule has 0 unspecified atom stereocenters. The number of nitrogens with one attached hydrogen (secondary N) is 2. The van der Waals surface area contributed by atoms with Crippen molar-refractivity contribution in [2.75, 3.05) is 37.9 Å². The number of thiophene rings is 1. The standard InChI is InChI=1S/C29H28ClN5O3S/c1-4-37-27-15-24-22(14-25(27)34-28(36)8-5-11-35(2)3)29(19(16-31)17-32-24)33-20-9-10-26(23(30)13-20)38-18-21-7-6-12-39-21/h5-10,12-15,17H,4,11,18H2,1-3H3,(H,32,33)(H,34,36)/b8-5+. The Kier molecular flexibility index (Phi) is 9.39. The van der Waals surface area contributed by atoms with Crippen LogP contribution >= 0.6 is 22.9 Å². The number of pyridine rings is 1. The lowest BCUT2D eigenvalue weighted by molar-refractivity contribution is -0.111. The number of likely N-dealkylation sites (N-methyl/N-ethyl adjacent to an activating group) is 1. The molecular weight excluding hydrogens is 534 g/mol. The second-order valence-electron chi connectivity index (χ2n) is 8.75. The summed E-state index contributed by atoms with van der Waals surface area (Å²) in [6.07, 6.45) is 4.76. The number of nitriles is 1. The van der Waals surface area contributed by atoms with Crippen LogP contribution in [0.3, 0.4) is 0 Å². The van der Waals surface area contributed by atoms with Gasteiger partial charge in [0.05, 0.1) is 34.1 Å². The zero-order valence-corrected chi connectivity index (χ0v) is 23.4. The molecule has 0 aliphatic rings. The van der Waals surface area contributed by atoms with Gasteiger partial charge >= 0.3 is 0 Å². The maximum atomic E-state index is 12.6. The predicted molar refractivity (Wildman–Crippen MR) is 157 cm³/mol. The summed E-state index contributed by atoms with van der Waals surface area (Å²) in [4.78, 5) is 20.1. The van der Waals surface area contributed by atoms with Gasteiger partial charge in [-0.25, -0.2) is 0 Å². The molecule has 0 radical (unpaired) electrons. The number of halogens is 1. The first kappa shape index (κ1) is 27.9. The van der Waals surface area contributed by atoms with Gasteiger partial charge in [-0.2, -0.15) is 5.26 Å². The van der Waals surface area contributed by atoms with E-state index in [0.717, 1.165) is 4.88 Å². The molecule has 0 atom stereocenters. The molecule has 0 saturated heterocycles. The Bertz CT molecular complexity index is 1530. The van der Waals surface area contributed by atoms with Crippen molar-refractivity contribution in [1.82, 2.24) is 9.88 Å². The minimum Gasteiger partial charge on any atom is -0.492 e. The van der Waals surface area contributed by atoms with E-state index < -0.39 is 0 Å². The lowest BCUT2D eigenvalue weighted by Crippen LogP contribution is -2.13. The largest absolute Gasteiger partial charge is 0.492 e. The van der Waals surface area contributed by atoms with Crippen LogP contribution in [0.1, 0.15) is 17.4 Å². The Morgan fingerprint density at radius 1 is 1.21 bits per heavy atom. The number of amides is 1. The molecule has 4 aromatic rings. The summed E-state index contributed by atoms with van der Waals surface area (Å²) in [5, 5.41) is 19.1. The highest BCUT2D eigenvalue weighted by atomic mass is 35.5.